The largest absolute Gasteiger partial charge is 0.324 e. The molecule has 0 amide bonds. The normalized spacial score (nSPS) is 13.0. The van der Waals surface area contributed by atoms with E-state index in [0.29, 0.717) is 10.5 Å². The minimum absolute atomic E-state index is 0.0851. The number of pyridine rings is 1. The van der Waals surface area contributed by atoms with Crippen LogP contribution in [0.15, 0.2) is 23.0 Å². The molecule has 2 aromatic rings. The summed E-state index contributed by atoms with van der Waals surface area (Å²) < 4.78 is 1.44. The second-order valence-corrected chi connectivity index (χ2v) is 4.82. The average Bonchev–Trinajstić information content (AvgIpc) is 2.26. The number of rotatable bonds is 1. The second-order valence-electron chi connectivity index (χ2n) is 4.44. The number of nitrogens with two attached hydrogens (primary N) is 1. The van der Waals surface area contributed by atoms with E-state index in [1.807, 2.05) is 26.0 Å². The Balaban J connectivity index is 3.00. The summed E-state index contributed by atoms with van der Waals surface area (Å²) in [6.07, 6.45) is 0. The third kappa shape index (κ3) is 1.96. The highest BCUT2D eigenvalue weighted by molar-refractivity contribution is 6.30. The van der Waals surface area contributed by atoms with Gasteiger partial charge in [0.25, 0.3) is 5.56 Å². The Labute approximate surface area is 105 Å². The standard InChI is InChI=1S/C13H15ClN2O/c1-7-4-9(8(2)15)10-6-12(14)16(3)13(17)11(10)5-7/h4-6,8H,15H2,1-3H3/t8-/m1/s1. The van der Waals surface area contributed by atoms with Gasteiger partial charge in [-0.25, -0.2) is 0 Å². The average molecular weight is 251 g/mol. The molecule has 3 nitrogen and oxygen atoms in total. The van der Waals surface area contributed by atoms with Crippen molar-refractivity contribution in [3.05, 3.63) is 44.8 Å². The van der Waals surface area contributed by atoms with Gasteiger partial charge in [0.15, 0.2) is 0 Å². The second kappa shape index (κ2) is 4.17. The van der Waals surface area contributed by atoms with Gasteiger partial charge in [-0.3, -0.25) is 4.79 Å². The maximum absolute atomic E-state index is 12.1. The summed E-state index contributed by atoms with van der Waals surface area (Å²) in [5.41, 5.74) is 7.84. The molecule has 0 aliphatic rings. The molecule has 1 aromatic heterocycles. The first kappa shape index (κ1) is 12.1. The molecule has 1 atom stereocenters. The van der Waals surface area contributed by atoms with Crippen LogP contribution in [0.1, 0.15) is 24.1 Å². The summed E-state index contributed by atoms with van der Waals surface area (Å²) in [6, 6.07) is 5.56. The summed E-state index contributed by atoms with van der Waals surface area (Å²) in [4.78, 5) is 12.1. The third-order valence-electron chi connectivity index (χ3n) is 2.97. The summed E-state index contributed by atoms with van der Waals surface area (Å²) >= 11 is 6.03. The van der Waals surface area contributed by atoms with Crippen LogP contribution in [0.25, 0.3) is 10.8 Å². The lowest BCUT2D eigenvalue weighted by Gasteiger charge is -2.13. The van der Waals surface area contributed by atoms with E-state index in [1.165, 1.54) is 4.57 Å². The van der Waals surface area contributed by atoms with Crippen molar-refractivity contribution < 1.29 is 0 Å². The molecule has 0 fully saturated rings. The fourth-order valence-electron chi connectivity index (χ4n) is 2.03. The Morgan fingerprint density at radius 3 is 2.53 bits per heavy atom. The molecule has 4 heteroatoms. The van der Waals surface area contributed by atoms with E-state index >= 15 is 0 Å². The first-order valence-electron chi connectivity index (χ1n) is 5.47. The molecule has 0 saturated heterocycles. The molecule has 90 valence electrons. The molecule has 0 bridgehead atoms. The van der Waals surface area contributed by atoms with Gasteiger partial charge in [0.05, 0.1) is 0 Å². The molecule has 2 rings (SSSR count). The number of aryl methyl sites for hydroxylation is 1. The number of nitrogens with zero attached hydrogens (tertiary/aromatic N) is 1. The Bertz CT molecular complexity index is 644. The van der Waals surface area contributed by atoms with Gasteiger partial charge in [0.1, 0.15) is 5.15 Å². The van der Waals surface area contributed by atoms with Crippen molar-refractivity contribution in [1.82, 2.24) is 4.57 Å². The number of benzene rings is 1. The molecule has 0 spiro atoms. The number of fused-ring (bicyclic) bond motifs is 1. The molecule has 2 N–H and O–H groups in total. The smallest absolute Gasteiger partial charge is 0.259 e. The van der Waals surface area contributed by atoms with Crippen molar-refractivity contribution in [3.8, 4) is 0 Å². The van der Waals surface area contributed by atoms with Gasteiger partial charge in [0, 0.05) is 18.5 Å². The summed E-state index contributed by atoms with van der Waals surface area (Å²) in [7, 11) is 1.66. The highest BCUT2D eigenvalue weighted by Gasteiger charge is 2.11. The first-order valence-corrected chi connectivity index (χ1v) is 5.85. The lowest BCUT2D eigenvalue weighted by Crippen LogP contribution is -2.18. The molecule has 17 heavy (non-hydrogen) atoms. The molecule has 0 radical (unpaired) electrons. The summed E-state index contributed by atoms with van der Waals surface area (Å²) in [5.74, 6) is 0. The number of hydrogen-bond acceptors (Lipinski definition) is 2. The van der Waals surface area contributed by atoms with E-state index in [2.05, 4.69) is 0 Å². The van der Waals surface area contributed by atoms with Crippen LogP contribution in [-0.2, 0) is 7.05 Å². The molecule has 0 aliphatic heterocycles. The van der Waals surface area contributed by atoms with Gasteiger partial charge in [-0.15, -0.1) is 0 Å². The summed E-state index contributed by atoms with van der Waals surface area (Å²) in [5, 5.41) is 1.94. The molecule has 0 saturated carbocycles. The minimum atomic E-state index is -0.124. The van der Waals surface area contributed by atoms with Crippen molar-refractivity contribution in [2.75, 3.05) is 0 Å². The number of halogens is 1. The maximum Gasteiger partial charge on any atom is 0.259 e. The van der Waals surface area contributed by atoms with E-state index in [4.69, 9.17) is 17.3 Å². The Morgan fingerprint density at radius 2 is 1.94 bits per heavy atom. The lowest BCUT2D eigenvalue weighted by atomic mass is 9.98. The van der Waals surface area contributed by atoms with Crippen LogP contribution in [0.5, 0.6) is 0 Å². The van der Waals surface area contributed by atoms with E-state index in [0.717, 1.165) is 16.5 Å². The van der Waals surface area contributed by atoms with Crippen molar-refractivity contribution >= 4 is 22.4 Å². The molecule has 0 unspecified atom stereocenters. The summed E-state index contributed by atoms with van der Waals surface area (Å²) in [6.45, 7) is 3.86. The Hall–Kier alpha value is -1.32. The van der Waals surface area contributed by atoms with Crippen molar-refractivity contribution in [1.29, 1.82) is 0 Å². The quantitative estimate of drug-likeness (QED) is 0.791. The van der Waals surface area contributed by atoms with Gasteiger partial charge >= 0.3 is 0 Å². The van der Waals surface area contributed by atoms with Gasteiger partial charge in [-0.2, -0.15) is 0 Å². The van der Waals surface area contributed by atoms with Gasteiger partial charge in [-0.1, -0.05) is 17.7 Å². The first-order chi connectivity index (χ1) is 7.91. The topological polar surface area (TPSA) is 48.0 Å². The van der Waals surface area contributed by atoms with E-state index in [1.54, 1.807) is 13.1 Å². The highest BCUT2D eigenvalue weighted by Crippen LogP contribution is 2.25. The maximum atomic E-state index is 12.1. The van der Waals surface area contributed by atoms with Gasteiger partial charge in [0.2, 0.25) is 0 Å². The molecule has 1 aromatic carbocycles. The van der Waals surface area contributed by atoms with Gasteiger partial charge < -0.3 is 10.3 Å². The predicted molar refractivity (Wildman–Crippen MR) is 71.5 cm³/mol. The zero-order valence-electron chi connectivity index (χ0n) is 10.1. The lowest BCUT2D eigenvalue weighted by molar-refractivity contribution is 0.822. The Morgan fingerprint density at radius 1 is 1.29 bits per heavy atom. The third-order valence-corrected chi connectivity index (χ3v) is 3.33. The van der Waals surface area contributed by atoms with Crippen molar-refractivity contribution in [2.45, 2.75) is 19.9 Å². The van der Waals surface area contributed by atoms with Crippen LogP contribution < -0.4 is 11.3 Å². The van der Waals surface area contributed by atoms with Crippen molar-refractivity contribution in [3.63, 3.8) is 0 Å². The fraction of sp³-hybridized carbons (Fsp3) is 0.308. The Kier molecular flexibility index (Phi) is 2.98. The SMILES string of the molecule is Cc1cc([C@@H](C)N)c2cc(Cl)n(C)c(=O)c2c1. The zero-order valence-corrected chi connectivity index (χ0v) is 10.9. The van der Waals surface area contributed by atoms with Crippen molar-refractivity contribution in [2.24, 2.45) is 12.8 Å². The zero-order chi connectivity index (χ0) is 12.7. The molecular weight excluding hydrogens is 236 g/mol. The van der Waals surface area contributed by atoms with Crippen LogP contribution in [0, 0.1) is 6.92 Å². The van der Waals surface area contributed by atoms with Crippen LogP contribution in [0.3, 0.4) is 0 Å². The van der Waals surface area contributed by atoms with E-state index in [9.17, 15) is 4.79 Å². The van der Waals surface area contributed by atoms with Crippen LogP contribution >= 0.6 is 11.6 Å². The number of aromatic nitrogens is 1. The molecule has 0 aliphatic carbocycles. The van der Waals surface area contributed by atoms with Crippen LogP contribution in [0.4, 0.5) is 0 Å². The minimum Gasteiger partial charge on any atom is -0.324 e. The predicted octanol–water partition coefficient (Wildman–Crippen LogP) is 2.52. The monoisotopic (exact) mass is 250 g/mol. The van der Waals surface area contributed by atoms with E-state index < -0.39 is 0 Å². The van der Waals surface area contributed by atoms with Gasteiger partial charge in [-0.05, 0) is 42.5 Å². The molecular formula is C13H15ClN2O. The number of hydrogen-bond donors (Lipinski definition) is 1. The fourth-order valence-corrected chi connectivity index (χ4v) is 2.22. The van der Waals surface area contributed by atoms with Crippen LogP contribution in [-0.4, -0.2) is 4.57 Å². The molecule has 1 heterocycles. The highest BCUT2D eigenvalue weighted by atomic mass is 35.5. The van der Waals surface area contributed by atoms with Crippen LogP contribution in [0.2, 0.25) is 5.15 Å². The van der Waals surface area contributed by atoms with E-state index in [-0.39, 0.29) is 11.6 Å².